The molecule has 0 saturated heterocycles. The van der Waals surface area contributed by atoms with E-state index in [9.17, 15) is 13.2 Å². The fraction of sp³-hybridized carbons (Fsp3) is 0.0909. The van der Waals surface area contributed by atoms with E-state index in [0.29, 0.717) is 17.2 Å². The number of nitrogens with zero attached hydrogens (tertiary/aromatic N) is 1. The van der Waals surface area contributed by atoms with E-state index in [-0.39, 0.29) is 16.2 Å². The van der Waals surface area contributed by atoms with Crippen LogP contribution in [0, 0.1) is 0 Å². The van der Waals surface area contributed by atoms with E-state index in [1.165, 1.54) is 12.1 Å². The van der Waals surface area contributed by atoms with Crippen molar-refractivity contribution in [1.82, 2.24) is 4.98 Å². The third-order valence-corrected chi connectivity index (χ3v) is 6.23. The smallest absolute Gasteiger partial charge is 0.255 e. The molecule has 7 heteroatoms. The largest absolute Gasteiger partial charge is 0.436 e. The highest BCUT2D eigenvalue weighted by Crippen LogP contribution is 2.26. The highest BCUT2D eigenvalue weighted by atomic mass is 32.2. The van der Waals surface area contributed by atoms with Crippen LogP contribution in [0.3, 0.4) is 0 Å². The summed E-state index contributed by atoms with van der Waals surface area (Å²) < 4.78 is 29.9. The molecule has 0 bridgehead atoms. The first-order valence-corrected chi connectivity index (χ1v) is 10.7. The fourth-order valence-corrected chi connectivity index (χ4v) is 3.85. The number of hydrogen-bond donors (Lipinski definition) is 1. The molecule has 1 N–H and O–H groups in total. The van der Waals surface area contributed by atoms with Gasteiger partial charge in [-0.25, -0.2) is 13.4 Å². The Morgan fingerprint density at radius 1 is 1.00 bits per heavy atom. The third-order valence-electron chi connectivity index (χ3n) is 4.50. The number of hydrogen-bond acceptors (Lipinski definition) is 5. The number of nitrogens with one attached hydrogen (secondary N) is 1. The number of sulfone groups is 1. The SMILES string of the molecule is CCS(=O)(=O)c1cccc(C(=O)Nc2cccc(-c3nc4ccccc4o3)c2)c1. The van der Waals surface area contributed by atoms with Crippen molar-refractivity contribution in [2.24, 2.45) is 0 Å². The summed E-state index contributed by atoms with van der Waals surface area (Å²) in [5.74, 6) is 0.0381. The first-order valence-electron chi connectivity index (χ1n) is 9.06. The van der Waals surface area contributed by atoms with Crippen LogP contribution in [-0.2, 0) is 9.84 Å². The number of anilines is 1. The molecule has 4 aromatic rings. The normalized spacial score (nSPS) is 11.5. The maximum Gasteiger partial charge on any atom is 0.255 e. The highest BCUT2D eigenvalue weighted by molar-refractivity contribution is 7.91. The number of oxazole rings is 1. The Morgan fingerprint density at radius 3 is 2.59 bits per heavy atom. The molecule has 0 unspecified atom stereocenters. The van der Waals surface area contributed by atoms with E-state index in [4.69, 9.17) is 4.42 Å². The molecular formula is C22H18N2O4S. The average molecular weight is 406 g/mol. The van der Waals surface area contributed by atoms with Gasteiger partial charge in [0.1, 0.15) is 5.52 Å². The van der Waals surface area contributed by atoms with Crippen LogP contribution in [0.1, 0.15) is 17.3 Å². The van der Waals surface area contributed by atoms with Crippen molar-refractivity contribution in [1.29, 1.82) is 0 Å². The summed E-state index contributed by atoms with van der Waals surface area (Å²) in [4.78, 5) is 17.2. The molecule has 146 valence electrons. The maximum absolute atomic E-state index is 12.6. The molecule has 29 heavy (non-hydrogen) atoms. The van der Waals surface area contributed by atoms with Crippen LogP contribution in [0.15, 0.2) is 82.1 Å². The second-order valence-electron chi connectivity index (χ2n) is 6.45. The molecule has 3 aromatic carbocycles. The van der Waals surface area contributed by atoms with Gasteiger partial charge in [-0.05, 0) is 48.5 Å². The molecule has 0 aliphatic rings. The Bertz CT molecular complexity index is 1280. The summed E-state index contributed by atoms with van der Waals surface area (Å²) in [7, 11) is -3.38. The molecule has 4 rings (SSSR count). The minimum atomic E-state index is -3.38. The Hall–Kier alpha value is -3.45. The first-order chi connectivity index (χ1) is 14.0. The molecule has 1 heterocycles. The Kier molecular flexibility index (Phi) is 4.90. The molecule has 1 amide bonds. The summed E-state index contributed by atoms with van der Waals surface area (Å²) in [6.07, 6.45) is 0. The number of amides is 1. The maximum atomic E-state index is 12.6. The quantitative estimate of drug-likeness (QED) is 0.525. The second kappa shape index (κ2) is 7.52. The summed E-state index contributed by atoms with van der Waals surface area (Å²) in [5, 5.41) is 2.80. The van der Waals surface area contributed by atoms with E-state index in [1.54, 1.807) is 37.3 Å². The number of rotatable bonds is 5. The summed E-state index contributed by atoms with van der Waals surface area (Å²) >= 11 is 0. The Labute approximate surface area is 168 Å². The van der Waals surface area contributed by atoms with Crippen LogP contribution < -0.4 is 5.32 Å². The van der Waals surface area contributed by atoms with Crippen LogP contribution in [0.25, 0.3) is 22.6 Å². The van der Waals surface area contributed by atoms with Gasteiger partial charge in [-0.2, -0.15) is 0 Å². The van der Waals surface area contributed by atoms with Gasteiger partial charge < -0.3 is 9.73 Å². The molecule has 6 nitrogen and oxygen atoms in total. The van der Waals surface area contributed by atoms with Gasteiger partial charge in [0.25, 0.3) is 5.91 Å². The van der Waals surface area contributed by atoms with E-state index in [2.05, 4.69) is 10.3 Å². The minimum Gasteiger partial charge on any atom is -0.436 e. The Morgan fingerprint density at radius 2 is 1.79 bits per heavy atom. The van der Waals surface area contributed by atoms with Crippen LogP contribution in [0.2, 0.25) is 0 Å². The van der Waals surface area contributed by atoms with Gasteiger partial charge in [-0.1, -0.05) is 31.2 Å². The van der Waals surface area contributed by atoms with E-state index in [1.807, 2.05) is 30.3 Å². The van der Waals surface area contributed by atoms with Crippen LogP contribution in [0.5, 0.6) is 0 Å². The predicted octanol–water partition coefficient (Wildman–Crippen LogP) is 4.54. The van der Waals surface area contributed by atoms with Gasteiger partial charge in [-0.15, -0.1) is 0 Å². The first kappa shape index (κ1) is 18.9. The molecular weight excluding hydrogens is 388 g/mol. The zero-order valence-corrected chi connectivity index (χ0v) is 16.4. The monoisotopic (exact) mass is 406 g/mol. The molecule has 0 spiro atoms. The van der Waals surface area contributed by atoms with E-state index in [0.717, 1.165) is 11.1 Å². The van der Waals surface area contributed by atoms with E-state index >= 15 is 0 Å². The zero-order valence-electron chi connectivity index (χ0n) is 15.6. The van der Waals surface area contributed by atoms with Crippen LogP contribution in [-0.4, -0.2) is 25.1 Å². The van der Waals surface area contributed by atoms with E-state index < -0.39 is 15.7 Å². The summed E-state index contributed by atoms with van der Waals surface area (Å²) in [6.45, 7) is 1.57. The summed E-state index contributed by atoms with van der Waals surface area (Å²) in [6, 6.07) is 20.6. The Balaban J connectivity index is 1.60. The molecule has 0 saturated carbocycles. The number of para-hydroxylation sites is 2. The lowest BCUT2D eigenvalue weighted by atomic mass is 10.1. The van der Waals surface area contributed by atoms with Crippen molar-refractivity contribution in [3.8, 4) is 11.5 Å². The van der Waals surface area contributed by atoms with Crippen molar-refractivity contribution in [2.45, 2.75) is 11.8 Å². The average Bonchev–Trinajstić information content (AvgIpc) is 3.18. The number of carbonyl (C=O) groups excluding carboxylic acids is 1. The highest BCUT2D eigenvalue weighted by Gasteiger charge is 2.15. The number of fused-ring (bicyclic) bond motifs is 1. The lowest BCUT2D eigenvalue weighted by molar-refractivity contribution is 0.102. The third kappa shape index (κ3) is 3.90. The predicted molar refractivity (Wildman–Crippen MR) is 112 cm³/mol. The van der Waals surface area contributed by atoms with Crippen molar-refractivity contribution in [2.75, 3.05) is 11.1 Å². The lowest BCUT2D eigenvalue weighted by Crippen LogP contribution is -2.13. The number of carbonyl (C=O) groups is 1. The topological polar surface area (TPSA) is 89.3 Å². The minimum absolute atomic E-state index is 0.0232. The van der Waals surface area contributed by atoms with Gasteiger partial charge in [0.05, 0.1) is 10.6 Å². The van der Waals surface area contributed by atoms with Crippen molar-refractivity contribution >= 4 is 32.5 Å². The fourth-order valence-electron chi connectivity index (χ4n) is 2.93. The zero-order chi connectivity index (χ0) is 20.4. The lowest BCUT2D eigenvalue weighted by Gasteiger charge is -2.08. The molecule has 0 aliphatic carbocycles. The number of aromatic nitrogens is 1. The van der Waals surface area contributed by atoms with Gasteiger partial charge >= 0.3 is 0 Å². The molecule has 0 fully saturated rings. The molecule has 0 radical (unpaired) electrons. The van der Waals surface area contributed by atoms with Crippen molar-refractivity contribution < 1.29 is 17.6 Å². The summed E-state index contributed by atoms with van der Waals surface area (Å²) in [5.41, 5.74) is 2.99. The van der Waals surface area contributed by atoms with Crippen molar-refractivity contribution in [3.63, 3.8) is 0 Å². The van der Waals surface area contributed by atoms with Gasteiger partial charge in [-0.3, -0.25) is 4.79 Å². The van der Waals surface area contributed by atoms with Gasteiger partial charge in [0.2, 0.25) is 5.89 Å². The number of benzene rings is 3. The van der Waals surface area contributed by atoms with Crippen LogP contribution >= 0.6 is 0 Å². The van der Waals surface area contributed by atoms with Crippen LogP contribution in [0.4, 0.5) is 5.69 Å². The van der Waals surface area contributed by atoms with Crippen molar-refractivity contribution in [3.05, 3.63) is 78.4 Å². The van der Waals surface area contributed by atoms with Gasteiger partial charge in [0.15, 0.2) is 15.4 Å². The second-order valence-corrected chi connectivity index (χ2v) is 8.73. The standard InChI is InChI=1S/C22H18N2O4S/c1-2-29(26,27)18-10-6-7-15(14-18)21(25)23-17-9-5-8-16(13-17)22-24-19-11-3-4-12-20(19)28-22/h3-14H,2H2,1H3,(H,23,25). The molecule has 1 aromatic heterocycles. The van der Waals surface area contributed by atoms with Gasteiger partial charge in [0, 0.05) is 16.8 Å². The molecule has 0 atom stereocenters. The molecule has 0 aliphatic heterocycles.